The fourth-order valence-electron chi connectivity index (χ4n) is 0.983. The average Bonchev–Trinajstić information content (AvgIpc) is 2.16. The first-order chi connectivity index (χ1) is 6.19. The monoisotopic (exact) mass is 181 g/mol. The van der Waals surface area contributed by atoms with Crippen molar-refractivity contribution in [1.29, 1.82) is 0 Å². The summed E-state index contributed by atoms with van der Waals surface area (Å²) < 4.78 is 0. The van der Waals surface area contributed by atoms with Crippen LogP contribution in [-0.4, -0.2) is 16.3 Å². The highest BCUT2D eigenvalue weighted by Crippen LogP contribution is 2.18. The third-order valence-electron chi connectivity index (χ3n) is 1.61. The molecular weight excluding hydrogens is 174 g/mol. The normalized spacial score (nSPS) is 9.62. The number of hydrogen-bond donors (Lipinski definition) is 1. The average molecular weight is 181 g/mol. The molecule has 0 saturated carbocycles. The van der Waals surface area contributed by atoms with Gasteiger partial charge in [-0.05, 0) is 12.1 Å². The number of aliphatic hydroxyl groups is 1. The first kappa shape index (κ1) is 9.34. The number of nitro benzene ring substituents is 1. The number of nitrogens with zero attached hydrogens (tertiary/aromatic N) is 1. The van der Waals surface area contributed by atoms with Crippen molar-refractivity contribution in [2.75, 3.05) is 0 Å². The minimum Gasteiger partial charge on any atom is -0.391 e. The molecule has 0 atom stereocenters. The summed E-state index contributed by atoms with van der Waals surface area (Å²) in [5.74, 6) is 0. The summed E-state index contributed by atoms with van der Waals surface area (Å²) in [4.78, 5) is 20.1. The Morgan fingerprint density at radius 3 is 2.69 bits per heavy atom. The Balaban J connectivity index is 3.23. The largest absolute Gasteiger partial charge is 0.391 e. The van der Waals surface area contributed by atoms with E-state index < -0.39 is 11.5 Å². The Morgan fingerprint density at radius 1 is 1.54 bits per heavy atom. The van der Waals surface area contributed by atoms with Gasteiger partial charge in [-0.1, -0.05) is 0 Å². The molecule has 0 radical (unpaired) electrons. The summed E-state index contributed by atoms with van der Waals surface area (Å²) >= 11 is 0. The van der Waals surface area contributed by atoms with Crippen LogP contribution in [0.4, 0.5) is 5.69 Å². The van der Waals surface area contributed by atoms with Gasteiger partial charge in [0.2, 0.25) is 0 Å². The Morgan fingerprint density at radius 2 is 2.23 bits per heavy atom. The lowest BCUT2D eigenvalue weighted by Gasteiger charge is -1.98. The number of carbonyl (C=O) groups excluding carboxylic acids is 1. The lowest BCUT2D eigenvalue weighted by Crippen LogP contribution is -1.96. The zero-order valence-electron chi connectivity index (χ0n) is 6.64. The fourth-order valence-corrected chi connectivity index (χ4v) is 0.983. The van der Waals surface area contributed by atoms with Gasteiger partial charge in [-0.3, -0.25) is 14.9 Å². The zero-order valence-corrected chi connectivity index (χ0v) is 6.64. The van der Waals surface area contributed by atoms with Gasteiger partial charge in [-0.15, -0.1) is 0 Å². The number of aldehydes is 1. The number of benzene rings is 1. The van der Waals surface area contributed by atoms with Crippen LogP contribution in [0.15, 0.2) is 18.2 Å². The smallest absolute Gasteiger partial charge is 0.274 e. The van der Waals surface area contributed by atoms with Crippen LogP contribution >= 0.6 is 0 Å². The summed E-state index contributed by atoms with van der Waals surface area (Å²) in [5.41, 5.74) is 0.289. The highest BCUT2D eigenvalue weighted by atomic mass is 16.6. The Labute approximate surface area is 73.8 Å². The van der Waals surface area contributed by atoms with Crippen LogP contribution in [0.1, 0.15) is 15.9 Å². The summed E-state index contributed by atoms with van der Waals surface area (Å²) in [6, 6.07) is 3.84. The van der Waals surface area contributed by atoms with Crippen LogP contribution in [-0.2, 0) is 6.61 Å². The third-order valence-corrected chi connectivity index (χ3v) is 1.61. The molecule has 0 bridgehead atoms. The Kier molecular flexibility index (Phi) is 2.71. The van der Waals surface area contributed by atoms with E-state index in [0.717, 1.165) is 0 Å². The molecular formula is C8H7NO4. The maximum absolute atomic E-state index is 10.4. The van der Waals surface area contributed by atoms with Crippen molar-refractivity contribution in [1.82, 2.24) is 0 Å². The number of nitro groups is 1. The Bertz CT molecular complexity index is 348. The summed E-state index contributed by atoms with van der Waals surface area (Å²) in [6.07, 6.45) is 0.572. The molecule has 1 aromatic rings. The molecule has 0 aliphatic rings. The first-order valence-corrected chi connectivity index (χ1v) is 3.52. The van der Waals surface area contributed by atoms with Gasteiger partial charge in [0.1, 0.15) is 6.29 Å². The molecule has 1 rings (SSSR count). The van der Waals surface area contributed by atoms with E-state index in [2.05, 4.69) is 0 Å². The van der Waals surface area contributed by atoms with Crippen molar-refractivity contribution in [3.63, 3.8) is 0 Å². The first-order valence-electron chi connectivity index (χ1n) is 3.52. The molecule has 0 fully saturated rings. The van der Waals surface area contributed by atoms with Gasteiger partial charge >= 0.3 is 0 Å². The standard InChI is InChI=1S/C8H7NO4/c10-4-6-1-2-8(9(12)13)7(3-6)5-11/h1-4,11H,5H2. The molecule has 0 heterocycles. The maximum Gasteiger partial charge on any atom is 0.274 e. The van der Waals surface area contributed by atoms with Crippen molar-refractivity contribution in [3.05, 3.63) is 39.4 Å². The second kappa shape index (κ2) is 3.77. The van der Waals surface area contributed by atoms with Gasteiger partial charge in [-0.25, -0.2) is 0 Å². The van der Waals surface area contributed by atoms with Crippen LogP contribution in [0.25, 0.3) is 0 Å². The van der Waals surface area contributed by atoms with E-state index in [1.807, 2.05) is 0 Å². The molecule has 0 amide bonds. The van der Waals surface area contributed by atoms with Gasteiger partial charge in [0.05, 0.1) is 17.1 Å². The summed E-state index contributed by atoms with van der Waals surface area (Å²) in [6.45, 7) is -0.446. The quantitative estimate of drug-likeness (QED) is 0.426. The van der Waals surface area contributed by atoms with E-state index in [1.54, 1.807) is 0 Å². The molecule has 0 aliphatic carbocycles. The topological polar surface area (TPSA) is 80.4 Å². The molecule has 0 spiro atoms. The maximum atomic E-state index is 10.4. The van der Waals surface area contributed by atoms with Gasteiger partial charge < -0.3 is 5.11 Å². The van der Waals surface area contributed by atoms with E-state index in [4.69, 9.17) is 5.11 Å². The van der Waals surface area contributed by atoms with Crippen molar-refractivity contribution in [2.45, 2.75) is 6.61 Å². The molecule has 1 N–H and O–H groups in total. The van der Waals surface area contributed by atoms with Crippen molar-refractivity contribution in [2.24, 2.45) is 0 Å². The summed E-state index contributed by atoms with van der Waals surface area (Å²) in [7, 11) is 0. The minimum absolute atomic E-state index is 0.148. The number of carbonyl (C=O) groups is 1. The van der Waals surface area contributed by atoms with E-state index >= 15 is 0 Å². The van der Waals surface area contributed by atoms with Gasteiger partial charge in [0.15, 0.2) is 0 Å². The van der Waals surface area contributed by atoms with Gasteiger partial charge in [0.25, 0.3) is 5.69 Å². The highest BCUT2D eigenvalue weighted by Gasteiger charge is 2.12. The lowest BCUT2D eigenvalue weighted by molar-refractivity contribution is -0.385. The molecule has 0 aromatic heterocycles. The van der Waals surface area contributed by atoms with Crippen molar-refractivity contribution < 1.29 is 14.8 Å². The minimum atomic E-state index is -0.597. The molecule has 0 aliphatic heterocycles. The van der Waals surface area contributed by atoms with Gasteiger partial charge in [-0.2, -0.15) is 0 Å². The van der Waals surface area contributed by atoms with E-state index in [0.29, 0.717) is 11.8 Å². The number of aliphatic hydroxyl groups excluding tert-OH is 1. The van der Waals surface area contributed by atoms with Crippen LogP contribution in [0.5, 0.6) is 0 Å². The van der Waals surface area contributed by atoms with Crippen LogP contribution in [0, 0.1) is 10.1 Å². The number of hydrogen-bond acceptors (Lipinski definition) is 4. The van der Waals surface area contributed by atoms with Gasteiger partial charge in [0, 0.05) is 11.6 Å². The van der Waals surface area contributed by atoms with E-state index in [9.17, 15) is 14.9 Å². The molecule has 5 nitrogen and oxygen atoms in total. The SMILES string of the molecule is O=Cc1ccc([N+](=O)[O-])c(CO)c1. The molecule has 13 heavy (non-hydrogen) atoms. The molecule has 68 valence electrons. The van der Waals surface area contributed by atoms with Crippen molar-refractivity contribution >= 4 is 12.0 Å². The molecule has 0 unspecified atom stereocenters. The van der Waals surface area contributed by atoms with E-state index in [1.165, 1.54) is 18.2 Å². The van der Waals surface area contributed by atoms with Crippen molar-refractivity contribution in [3.8, 4) is 0 Å². The Hall–Kier alpha value is -1.75. The predicted molar refractivity (Wildman–Crippen MR) is 44.4 cm³/mol. The predicted octanol–water partition coefficient (Wildman–Crippen LogP) is 0.900. The number of rotatable bonds is 3. The third kappa shape index (κ3) is 1.88. The lowest BCUT2D eigenvalue weighted by atomic mass is 10.1. The van der Waals surface area contributed by atoms with Crippen LogP contribution in [0.2, 0.25) is 0 Å². The highest BCUT2D eigenvalue weighted by molar-refractivity contribution is 5.76. The molecule has 1 aromatic carbocycles. The molecule has 5 heteroatoms. The molecule has 0 saturated heterocycles. The van der Waals surface area contributed by atoms with Crippen LogP contribution < -0.4 is 0 Å². The zero-order chi connectivity index (χ0) is 9.84. The fraction of sp³-hybridized carbons (Fsp3) is 0.125. The second-order valence-corrected chi connectivity index (χ2v) is 2.42. The van der Waals surface area contributed by atoms with E-state index in [-0.39, 0.29) is 11.3 Å². The van der Waals surface area contributed by atoms with Crippen LogP contribution in [0.3, 0.4) is 0 Å². The second-order valence-electron chi connectivity index (χ2n) is 2.42. The summed E-state index contributed by atoms with van der Waals surface area (Å²) in [5, 5.41) is 19.2.